The average molecular weight is 428 g/mol. The highest BCUT2D eigenvalue weighted by molar-refractivity contribution is 6.07. The van der Waals surface area contributed by atoms with Crippen molar-refractivity contribution in [1.82, 2.24) is 4.90 Å². The van der Waals surface area contributed by atoms with E-state index in [1.165, 1.54) is 11.3 Å². The van der Waals surface area contributed by atoms with Crippen LogP contribution in [0.15, 0.2) is 54.6 Å². The molecule has 1 atom stereocenters. The van der Waals surface area contributed by atoms with E-state index in [1.807, 2.05) is 18.0 Å². The Kier molecular flexibility index (Phi) is 7.43. The van der Waals surface area contributed by atoms with E-state index in [4.69, 9.17) is 0 Å². The molecule has 30 heavy (non-hydrogen) atoms. The van der Waals surface area contributed by atoms with Gasteiger partial charge in [-0.05, 0) is 49.6 Å². The molecule has 1 saturated heterocycles. The van der Waals surface area contributed by atoms with Crippen molar-refractivity contribution in [2.75, 3.05) is 49.6 Å². The Morgan fingerprint density at radius 1 is 0.900 bits per heavy atom. The Labute approximate surface area is 187 Å². The number of likely N-dealkylation sites (N-methyl/N-ethyl adjacent to an activating group) is 1. The summed E-state index contributed by atoms with van der Waals surface area (Å²) in [5.74, 6) is 0.276. The van der Waals surface area contributed by atoms with Crippen LogP contribution in [0.5, 0.6) is 0 Å². The van der Waals surface area contributed by atoms with Gasteiger partial charge < -0.3 is 9.80 Å². The number of anilines is 2. The van der Waals surface area contributed by atoms with Crippen LogP contribution in [-0.4, -0.2) is 50.6 Å². The van der Waals surface area contributed by atoms with Crippen LogP contribution in [0.25, 0.3) is 0 Å². The average Bonchev–Trinajstić information content (AvgIpc) is 3.00. The largest absolute Gasteiger partial charge is 0.369 e. The van der Waals surface area contributed by atoms with Crippen LogP contribution in [-0.2, 0) is 10.2 Å². The Bertz CT molecular complexity index is 835. The zero-order chi connectivity index (χ0) is 20.3. The lowest BCUT2D eigenvalue weighted by molar-refractivity contribution is -0.123. The lowest BCUT2D eigenvalue weighted by Gasteiger charge is -2.36. The van der Waals surface area contributed by atoms with Crippen molar-refractivity contribution < 1.29 is 4.79 Å². The third-order valence-corrected chi connectivity index (χ3v) is 6.92. The second kappa shape index (κ2) is 9.84. The van der Waals surface area contributed by atoms with Gasteiger partial charge in [-0.3, -0.25) is 9.69 Å². The molecule has 1 unspecified atom stereocenters. The number of unbranched alkanes of at least 4 members (excludes halogenated alkanes) is 1. The van der Waals surface area contributed by atoms with E-state index >= 15 is 0 Å². The summed E-state index contributed by atoms with van der Waals surface area (Å²) in [7, 11) is 1.92. The number of rotatable bonds is 7. The summed E-state index contributed by atoms with van der Waals surface area (Å²) < 4.78 is 0. The molecule has 4 rings (SSSR count). The maximum atomic E-state index is 13.1. The summed E-state index contributed by atoms with van der Waals surface area (Å²) >= 11 is 0. The van der Waals surface area contributed by atoms with Gasteiger partial charge in [-0.2, -0.15) is 0 Å². The van der Waals surface area contributed by atoms with Gasteiger partial charge in [0.2, 0.25) is 5.91 Å². The molecule has 0 bridgehead atoms. The van der Waals surface area contributed by atoms with E-state index in [2.05, 4.69) is 65.3 Å². The molecule has 162 valence electrons. The zero-order valence-corrected chi connectivity index (χ0v) is 19.0. The van der Waals surface area contributed by atoms with Gasteiger partial charge in [-0.15, -0.1) is 12.4 Å². The molecule has 2 aliphatic heterocycles. The van der Waals surface area contributed by atoms with E-state index < -0.39 is 0 Å². The second-order valence-corrected chi connectivity index (χ2v) is 8.44. The first kappa shape index (κ1) is 22.6. The fraction of sp³-hybridized carbons (Fsp3) is 0.480. The number of amides is 1. The fourth-order valence-corrected chi connectivity index (χ4v) is 5.11. The van der Waals surface area contributed by atoms with E-state index in [1.54, 1.807) is 0 Å². The maximum Gasteiger partial charge on any atom is 0.237 e. The first-order valence-corrected chi connectivity index (χ1v) is 11.1. The number of para-hydroxylation sites is 2. The topological polar surface area (TPSA) is 26.8 Å². The Hall–Kier alpha value is -2.04. The van der Waals surface area contributed by atoms with Crippen molar-refractivity contribution in [1.29, 1.82) is 0 Å². The van der Waals surface area contributed by atoms with Crippen LogP contribution in [0, 0.1) is 0 Å². The normalized spacial score (nSPS) is 21.5. The molecule has 0 aromatic heterocycles. The number of hydrogen-bond acceptors (Lipinski definition) is 3. The number of benzene rings is 2. The molecule has 0 N–H and O–H groups in total. The quantitative estimate of drug-likeness (QED) is 0.598. The Morgan fingerprint density at radius 2 is 1.57 bits per heavy atom. The van der Waals surface area contributed by atoms with Gasteiger partial charge in [-0.25, -0.2) is 0 Å². The summed E-state index contributed by atoms with van der Waals surface area (Å²) in [6.07, 6.45) is 4.09. The van der Waals surface area contributed by atoms with Crippen molar-refractivity contribution >= 4 is 29.7 Å². The number of hydrogen-bond donors (Lipinski definition) is 0. The molecule has 2 heterocycles. The number of fused-ring (bicyclic) bond motifs is 1. The van der Waals surface area contributed by atoms with Crippen LogP contribution in [0.4, 0.5) is 11.4 Å². The van der Waals surface area contributed by atoms with E-state index in [0.717, 1.165) is 64.1 Å². The van der Waals surface area contributed by atoms with E-state index in [9.17, 15) is 4.79 Å². The molecule has 2 aromatic carbocycles. The minimum absolute atomic E-state index is 0. The summed E-state index contributed by atoms with van der Waals surface area (Å²) in [5.41, 5.74) is 3.33. The molecule has 2 aromatic rings. The molecular weight excluding hydrogens is 394 g/mol. The third kappa shape index (κ3) is 4.21. The first-order valence-electron chi connectivity index (χ1n) is 11.1. The summed E-state index contributed by atoms with van der Waals surface area (Å²) in [5, 5.41) is 0. The number of piperazine rings is 1. The molecular formula is C25H34ClN3O. The highest BCUT2D eigenvalue weighted by Crippen LogP contribution is 2.46. The minimum atomic E-state index is -0.322. The molecule has 1 amide bonds. The highest BCUT2D eigenvalue weighted by atomic mass is 35.5. The van der Waals surface area contributed by atoms with Crippen molar-refractivity contribution in [3.05, 3.63) is 60.2 Å². The molecule has 4 nitrogen and oxygen atoms in total. The van der Waals surface area contributed by atoms with Crippen LogP contribution in [0.1, 0.15) is 38.2 Å². The van der Waals surface area contributed by atoms with Crippen LogP contribution < -0.4 is 9.80 Å². The van der Waals surface area contributed by atoms with Gasteiger partial charge >= 0.3 is 0 Å². The third-order valence-electron chi connectivity index (χ3n) is 6.92. The van der Waals surface area contributed by atoms with Gasteiger partial charge in [0.15, 0.2) is 0 Å². The van der Waals surface area contributed by atoms with Crippen molar-refractivity contribution in [3.63, 3.8) is 0 Å². The monoisotopic (exact) mass is 427 g/mol. The van der Waals surface area contributed by atoms with Crippen molar-refractivity contribution in [2.24, 2.45) is 0 Å². The van der Waals surface area contributed by atoms with Crippen LogP contribution in [0.2, 0.25) is 0 Å². The van der Waals surface area contributed by atoms with Crippen molar-refractivity contribution in [3.8, 4) is 0 Å². The molecule has 5 heteroatoms. The lowest BCUT2D eigenvalue weighted by Crippen LogP contribution is -2.46. The SMILES string of the molecule is CCC1(CCCCN2CCN(c3ccccc3)CC2)C(=O)N(C)c2ccccc21.Cl. The molecule has 2 aliphatic rings. The summed E-state index contributed by atoms with van der Waals surface area (Å²) in [6.45, 7) is 7.74. The van der Waals surface area contributed by atoms with Crippen LogP contribution in [0.3, 0.4) is 0 Å². The number of carbonyl (C=O) groups excluding carboxylic acids is 1. The smallest absolute Gasteiger partial charge is 0.237 e. The van der Waals surface area contributed by atoms with E-state index in [0.29, 0.717) is 0 Å². The van der Waals surface area contributed by atoms with Gasteiger partial charge in [0, 0.05) is 44.6 Å². The highest BCUT2D eigenvalue weighted by Gasteiger charge is 2.47. The minimum Gasteiger partial charge on any atom is -0.369 e. The standard InChI is InChI=1S/C25H33N3O.ClH/c1-3-25(22-13-7-8-14-23(22)26(2)24(25)29)15-9-10-16-27-17-19-28(20-18-27)21-11-5-4-6-12-21;/h4-8,11-14H,3,9-10,15-20H2,1-2H3;1H. The van der Waals surface area contributed by atoms with Gasteiger partial charge in [0.05, 0.1) is 5.41 Å². The number of nitrogens with zero attached hydrogens (tertiary/aromatic N) is 3. The Morgan fingerprint density at radius 3 is 2.27 bits per heavy atom. The predicted octanol–water partition coefficient (Wildman–Crippen LogP) is 4.73. The predicted molar refractivity (Wildman–Crippen MR) is 128 cm³/mol. The number of halogens is 1. The second-order valence-electron chi connectivity index (χ2n) is 8.44. The van der Waals surface area contributed by atoms with Gasteiger partial charge in [-0.1, -0.05) is 49.7 Å². The molecule has 1 fully saturated rings. The van der Waals surface area contributed by atoms with Crippen LogP contribution >= 0.6 is 12.4 Å². The lowest BCUT2D eigenvalue weighted by atomic mass is 9.75. The summed E-state index contributed by atoms with van der Waals surface area (Å²) in [4.78, 5) is 20.0. The molecule has 0 saturated carbocycles. The maximum absolute atomic E-state index is 13.1. The Balaban J connectivity index is 0.00000256. The fourth-order valence-electron chi connectivity index (χ4n) is 5.11. The van der Waals surface area contributed by atoms with Gasteiger partial charge in [0.1, 0.15) is 0 Å². The molecule has 0 spiro atoms. The summed E-state index contributed by atoms with van der Waals surface area (Å²) in [6, 6.07) is 19.1. The van der Waals surface area contributed by atoms with E-state index in [-0.39, 0.29) is 23.7 Å². The molecule has 0 radical (unpaired) electrons. The first-order chi connectivity index (χ1) is 14.2. The zero-order valence-electron chi connectivity index (χ0n) is 18.2. The molecule has 0 aliphatic carbocycles. The van der Waals surface area contributed by atoms with Gasteiger partial charge in [0.25, 0.3) is 0 Å². The van der Waals surface area contributed by atoms with Crippen molar-refractivity contribution in [2.45, 2.75) is 38.0 Å². The number of carbonyl (C=O) groups is 1.